The highest BCUT2D eigenvalue weighted by Crippen LogP contribution is 2.42. The number of amides is 1. The predicted molar refractivity (Wildman–Crippen MR) is 117 cm³/mol. The number of carboxylic acid groups (broad SMARTS) is 1. The number of rotatable bonds is 5. The van der Waals surface area contributed by atoms with Crippen molar-refractivity contribution in [3.63, 3.8) is 0 Å². The van der Waals surface area contributed by atoms with Gasteiger partial charge < -0.3 is 19.4 Å². The Labute approximate surface area is 188 Å². The Kier molecular flexibility index (Phi) is 4.97. The molecule has 8 heteroatoms. The van der Waals surface area contributed by atoms with Gasteiger partial charge >= 0.3 is 5.97 Å². The number of fused-ring (bicyclic) bond motifs is 1. The van der Waals surface area contributed by atoms with Crippen LogP contribution in [0, 0.1) is 0 Å². The minimum absolute atomic E-state index is 0.0802. The van der Waals surface area contributed by atoms with Crippen LogP contribution in [-0.4, -0.2) is 34.5 Å². The molecule has 166 valence electrons. The van der Waals surface area contributed by atoms with Crippen molar-refractivity contribution in [3.05, 3.63) is 88.9 Å². The summed E-state index contributed by atoms with van der Waals surface area (Å²) in [4.78, 5) is 38.4. The fourth-order valence-corrected chi connectivity index (χ4v) is 4.25. The summed E-state index contributed by atoms with van der Waals surface area (Å²) in [6, 6.07) is 13.7. The molecule has 1 atom stereocenters. The molecule has 2 aliphatic heterocycles. The second kappa shape index (κ2) is 7.98. The zero-order valence-electron chi connectivity index (χ0n) is 17.4. The lowest BCUT2D eigenvalue weighted by atomic mass is 9.97. The van der Waals surface area contributed by atoms with Gasteiger partial charge in [0.25, 0.3) is 11.7 Å². The van der Waals surface area contributed by atoms with Crippen LogP contribution >= 0.6 is 0 Å². The number of anilines is 1. The summed E-state index contributed by atoms with van der Waals surface area (Å²) < 4.78 is 11.1. The molecule has 33 heavy (non-hydrogen) atoms. The van der Waals surface area contributed by atoms with E-state index in [0.29, 0.717) is 35.6 Å². The van der Waals surface area contributed by atoms with E-state index in [4.69, 9.17) is 14.3 Å². The molecule has 1 amide bonds. The van der Waals surface area contributed by atoms with Crippen LogP contribution in [0.2, 0.25) is 0 Å². The molecular formula is C25H19NO7. The fourth-order valence-electron chi connectivity index (χ4n) is 4.25. The van der Waals surface area contributed by atoms with Crippen molar-refractivity contribution in [1.82, 2.24) is 0 Å². The van der Waals surface area contributed by atoms with Crippen molar-refractivity contribution < 1.29 is 33.8 Å². The van der Waals surface area contributed by atoms with Gasteiger partial charge in [0.15, 0.2) is 0 Å². The van der Waals surface area contributed by atoms with Crippen molar-refractivity contribution >= 4 is 29.1 Å². The Hall–Kier alpha value is -4.33. The van der Waals surface area contributed by atoms with Crippen molar-refractivity contribution in [3.8, 4) is 5.75 Å². The van der Waals surface area contributed by atoms with Crippen LogP contribution in [0.1, 0.15) is 28.5 Å². The molecule has 1 fully saturated rings. The topological polar surface area (TPSA) is 117 Å². The standard InChI is InChI=1S/C25H19NO7/c27-20(28)12-14-3-6-17(7-4-14)26-22(19-2-1-10-32-19)21(24(30)25(26)31)23(29)16-5-8-18-15(13-16)9-11-33-18/h1-8,10,13,22,29H,9,11-12H2,(H,27,28)/b23-21-. The number of aliphatic hydroxyl groups excluding tert-OH is 1. The maximum Gasteiger partial charge on any atom is 0.307 e. The van der Waals surface area contributed by atoms with E-state index in [1.807, 2.05) is 0 Å². The van der Waals surface area contributed by atoms with E-state index < -0.39 is 23.7 Å². The summed E-state index contributed by atoms with van der Waals surface area (Å²) in [7, 11) is 0. The highest BCUT2D eigenvalue weighted by atomic mass is 16.5. The monoisotopic (exact) mass is 445 g/mol. The summed E-state index contributed by atoms with van der Waals surface area (Å²) in [6.07, 6.45) is 1.95. The highest BCUT2D eigenvalue weighted by molar-refractivity contribution is 6.51. The van der Waals surface area contributed by atoms with Gasteiger partial charge in [-0.2, -0.15) is 0 Å². The SMILES string of the molecule is O=C(O)Cc1ccc(N2C(=O)C(=O)/C(=C(\O)c3ccc4c(c3)CCO4)C2c2ccco2)cc1. The van der Waals surface area contributed by atoms with Crippen molar-refractivity contribution in [2.24, 2.45) is 0 Å². The molecule has 2 aliphatic rings. The first-order valence-corrected chi connectivity index (χ1v) is 10.4. The molecule has 1 aromatic heterocycles. The van der Waals surface area contributed by atoms with Crippen LogP contribution in [0.4, 0.5) is 5.69 Å². The lowest BCUT2D eigenvalue weighted by Crippen LogP contribution is -2.29. The number of ether oxygens (including phenoxy) is 1. The molecule has 0 saturated carbocycles. The minimum Gasteiger partial charge on any atom is -0.507 e. The van der Waals surface area contributed by atoms with Crippen LogP contribution < -0.4 is 9.64 Å². The third-order valence-electron chi connectivity index (χ3n) is 5.79. The summed E-state index contributed by atoms with van der Waals surface area (Å²) in [6.45, 7) is 0.550. The summed E-state index contributed by atoms with van der Waals surface area (Å²) in [5.74, 6) is -1.87. The van der Waals surface area contributed by atoms with Gasteiger partial charge in [-0.25, -0.2) is 0 Å². The van der Waals surface area contributed by atoms with Crippen LogP contribution in [0.5, 0.6) is 5.75 Å². The predicted octanol–water partition coefficient (Wildman–Crippen LogP) is 3.47. The molecule has 0 bridgehead atoms. The van der Waals surface area contributed by atoms with Gasteiger partial charge in [0.2, 0.25) is 0 Å². The number of furan rings is 1. The largest absolute Gasteiger partial charge is 0.507 e. The average molecular weight is 445 g/mol. The average Bonchev–Trinajstić information content (AvgIpc) is 3.54. The van der Waals surface area contributed by atoms with Crippen LogP contribution in [-0.2, 0) is 27.2 Å². The van der Waals surface area contributed by atoms with Gasteiger partial charge in [-0.15, -0.1) is 0 Å². The number of aliphatic hydroxyl groups is 1. The van der Waals surface area contributed by atoms with Gasteiger partial charge in [0.05, 0.1) is 24.9 Å². The number of carboxylic acids is 1. The van der Waals surface area contributed by atoms with Gasteiger partial charge in [0.1, 0.15) is 23.3 Å². The summed E-state index contributed by atoms with van der Waals surface area (Å²) in [5, 5.41) is 20.1. The molecular weight excluding hydrogens is 426 g/mol. The Morgan fingerprint density at radius 1 is 1.06 bits per heavy atom. The van der Waals surface area contributed by atoms with Crippen molar-refractivity contribution in [2.75, 3.05) is 11.5 Å². The molecule has 2 N–H and O–H groups in total. The van der Waals surface area contributed by atoms with Crippen molar-refractivity contribution in [1.29, 1.82) is 0 Å². The first kappa shape index (κ1) is 20.6. The van der Waals surface area contributed by atoms with Crippen LogP contribution in [0.15, 0.2) is 70.9 Å². The molecule has 5 rings (SSSR count). The number of carbonyl (C=O) groups excluding carboxylic acids is 2. The zero-order valence-corrected chi connectivity index (χ0v) is 17.4. The van der Waals surface area contributed by atoms with Gasteiger partial charge in [-0.05, 0) is 53.6 Å². The fraction of sp³-hybridized carbons (Fsp3) is 0.160. The number of nitrogens with zero attached hydrogens (tertiary/aromatic N) is 1. The number of hydrogen-bond acceptors (Lipinski definition) is 6. The molecule has 0 spiro atoms. The quantitative estimate of drug-likeness (QED) is 0.351. The number of aliphatic carboxylic acids is 1. The molecule has 3 heterocycles. The van der Waals surface area contributed by atoms with Crippen LogP contribution in [0.3, 0.4) is 0 Å². The van der Waals surface area contributed by atoms with E-state index in [0.717, 1.165) is 11.3 Å². The maximum atomic E-state index is 13.1. The number of benzene rings is 2. The smallest absolute Gasteiger partial charge is 0.307 e. The zero-order chi connectivity index (χ0) is 23.1. The lowest BCUT2D eigenvalue weighted by molar-refractivity contribution is -0.136. The third kappa shape index (κ3) is 3.55. The molecule has 0 radical (unpaired) electrons. The lowest BCUT2D eigenvalue weighted by Gasteiger charge is -2.23. The van der Waals surface area contributed by atoms with Gasteiger partial charge in [-0.1, -0.05) is 12.1 Å². The Morgan fingerprint density at radius 3 is 2.55 bits per heavy atom. The second-order valence-electron chi connectivity index (χ2n) is 7.84. The molecule has 3 aromatic rings. The molecule has 8 nitrogen and oxygen atoms in total. The number of hydrogen-bond donors (Lipinski definition) is 2. The maximum absolute atomic E-state index is 13.1. The Morgan fingerprint density at radius 2 is 1.85 bits per heavy atom. The number of carbonyl (C=O) groups is 3. The molecule has 1 saturated heterocycles. The minimum atomic E-state index is -0.977. The van der Waals surface area contributed by atoms with Crippen molar-refractivity contribution in [2.45, 2.75) is 18.9 Å². The summed E-state index contributed by atoms with van der Waals surface area (Å²) >= 11 is 0. The van der Waals surface area contributed by atoms with Gasteiger partial charge in [-0.3, -0.25) is 19.3 Å². The van der Waals surface area contributed by atoms with E-state index in [-0.39, 0.29) is 17.8 Å². The number of ketones is 1. The van der Waals surface area contributed by atoms with E-state index >= 15 is 0 Å². The van der Waals surface area contributed by atoms with E-state index in [9.17, 15) is 19.5 Å². The molecule has 1 unspecified atom stereocenters. The van der Waals surface area contributed by atoms with E-state index in [2.05, 4.69) is 0 Å². The second-order valence-corrected chi connectivity index (χ2v) is 7.84. The number of Topliss-reactive ketones (excluding diaryl/α,β-unsaturated/α-hetero) is 1. The first-order chi connectivity index (χ1) is 15.9. The summed E-state index contributed by atoms with van der Waals surface area (Å²) in [5.41, 5.74) is 2.18. The van der Waals surface area contributed by atoms with E-state index in [1.165, 1.54) is 11.2 Å². The first-order valence-electron chi connectivity index (χ1n) is 10.4. The highest BCUT2D eigenvalue weighted by Gasteiger charge is 2.48. The third-order valence-corrected chi connectivity index (χ3v) is 5.79. The Bertz CT molecular complexity index is 1290. The van der Waals surface area contributed by atoms with Gasteiger partial charge in [0, 0.05) is 17.7 Å². The van der Waals surface area contributed by atoms with Crippen LogP contribution in [0.25, 0.3) is 5.76 Å². The molecule has 0 aliphatic carbocycles. The normalized spacial score (nSPS) is 18.9. The Balaban J connectivity index is 1.61. The van der Waals surface area contributed by atoms with E-state index in [1.54, 1.807) is 54.6 Å². The molecule has 2 aromatic carbocycles.